The molecule has 0 aromatic carbocycles. The van der Waals surface area contributed by atoms with Crippen LogP contribution in [-0.2, 0) is 4.79 Å². The van der Waals surface area contributed by atoms with E-state index < -0.39 is 0 Å². The molecule has 0 bridgehead atoms. The minimum absolute atomic E-state index is 0.130. The first-order valence-electron chi connectivity index (χ1n) is 4.89. The van der Waals surface area contributed by atoms with Gasteiger partial charge in [0.1, 0.15) is 0 Å². The van der Waals surface area contributed by atoms with Gasteiger partial charge in [0.2, 0.25) is 5.91 Å². The van der Waals surface area contributed by atoms with Crippen molar-refractivity contribution in [3.8, 4) is 0 Å². The van der Waals surface area contributed by atoms with Crippen LogP contribution in [0.5, 0.6) is 0 Å². The smallest absolute Gasteiger partial charge is 0.221 e. The van der Waals surface area contributed by atoms with Crippen LogP contribution in [0.25, 0.3) is 0 Å². The van der Waals surface area contributed by atoms with E-state index in [0.717, 1.165) is 26.2 Å². The van der Waals surface area contributed by atoms with Gasteiger partial charge < -0.3 is 10.6 Å². The molecule has 2 N–H and O–H groups in total. The Morgan fingerprint density at radius 3 is 3.08 bits per heavy atom. The molecule has 0 aromatic rings. The Bertz CT molecular complexity index is 172. The number of hydrogen-bond donors (Lipinski definition) is 2. The molecule has 1 saturated heterocycles. The molecule has 0 spiro atoms. The molecule has 0 aliphatic carbocycles. The monoisotopic (exact) mass is 185 g/mol. The normalized spacial score (nSPS) is 24.3. The number of piperazine rings is 1. The highest BCUT2D eigenvalue weighted by Gasteiger charge is 2.17. The second-order valence-electron chi connectivity index (χ2n) is 3.51. The van der Waals surface area contributed by atoms with Crippen molar-refractivity contribution in [2.24, 2.45) is 0 Å². The molecule has 0 saturated carbocycles. The van der Waals surface area contributed by atoms with Gasteiger partial charge in [0.15, 0.2) is 0 Å². The van der Waals surface area contributed by atoms with Crippen LogP contribution in [0.2, 0.25) is 0 Å². The summed E-state index contributed by atoms with van der Waals surface area (Å²) >= 11 is 0. The fourth-order valence-corrected chi connectivity index (χ4v) is 1.59. The maximum absolute atomic E-state index is 11.0. The molecule has 1 rings (SSSR count). The van der Waals surface area contributed by atoms with Gasteiger partial charge in [-0.15, -0.1) is 0 Å². The number of nitrogens with zero attached hydrogens (tertiary/aromatic N) is 1. The zero-order chi connectivity index (χ0) is 9.68. The average molecular weight is 185 g/mol. The summed E-state index contributed by atoms with van der Waals surface area (Å²) in [6, 6.07) is 0.554. The van der Waals surface area contributed by atoms with Crippen molar-refractivity contribution < 1.29 is 4.79 Å². The maximum atomic E-state index is 11.0. The topological polar surface area (TPSA) is 44.4 Å². The van der Waals surface area contributed by atoms with E-state index >= 15 is 0 Å². The highest BCUT2D eigenvalue weighted by Crippen LogP contribution is 2.02. The van der Waals surface area contributed by atoms with Gasteiger partial charge in [0.25, 0.3) is 0 Å². The molecule has 1 aliphatic rings. The summed E-state index contributed by atoms with van der Waals surface area (Å²) in [7, 11) is 1.68. The average Bonchev–Trinajstić information content (AvgIpc) is 2.16. The quantitative estimate of drug-likeness (QED) is 0.618. The molecule has 1 fully saturated rings. The molecule has 1 aliphatic heterocycles. The molecular formula is C9H19N3O. The molecule has 1 heterocycles. The molecule has 76 valence electrons. The van der Waals surface area contributed by atoms with Crippen LogP contribution in [0.4, 0.5) is 0 Å². The number of amides is 1. The van der Waals surface area contributed by atoms with E-state index in [0.29, 0.717) is 12.5 Å². The predicted octanol–water partition coefficient (Wildman–Crippen LogP) is -0.584. The molecular weight excluding hydrogens is 166 g/mol. The fourth-order valence-electron chi connectivity index (χ4n) is 1.59. The summed E-state index contributed by atoms with van der Waals surface area (Å²) < 4.78 is 0. The highest BCUT2D eigenvalue weighted by atomic mass is 16.1. The van der Waals surface area contributed by atoms with E-state index in [4.69, 9.17) is 0 Å². The molecule has 4 nitrogen and oxygen atoms in total. The van der Waals surface area contributed by atoms with Crippen LogP contribution in [0.15, 0.2) is 0 Å². The molecule has 0 aromatic heterocycles. The second-order valence-corrected chi connectivity index (χ2v) is 3.51. The van der Waals surface area contributed by atoms with Gasteiger partial charge in [0, 0.05) is 45.7 Å². The maximum Gasteiger partial charge on any atom is 0.221 e. The zero-order valence-electron chi connectivity index (χ0n) is 8.47. The lowest BCUT2D eigenvalue weighted by atomic mass is 10.2. The summed E-state index contributed by atoms with van der Waals surface area (Å²) in [5.41, 5.74) is 0. The first-order chi connectivity index (χ1) is 6.24. The van der Waals surface area contributed by atoms with Crippen LogP contribution in [0, 0.1) is 0 Å². The zero-order valence-corrected chi connectivity index (χ0v) is 8.47. The largest absolute Gasteiger partial charge is 0.359 e. The highest BCUT2D eigenvalue weighted by molar-refractivity contribution is 5.75. The van der Waals surface area contributed by atoms with Gasteiger partial charge in [-0.25, -0.2) is 0 Å². The third kappa shape index (κ3) is 3.32. The van der Waals surface area contributed by atoms with E-state index in [-0.39, 0.29) is 5.91 Å². The molecule has 4 heteroatoms. The molecule has 1 atom stereocenters. The minimum Gasteiger partial charge on any atom is -0.359 e. The van der Waals surface area contributed by atoms with Crippen LogP contribution in [-0.4, -0.2) is 50.1 Å². The van der Waals surface area contributed by atoms with Crippen molar-refractivity contribution in [3.05, 3.63) is 0 Å². The Labute approximate surface area is 79.7 Å². The summed E-state index contributed by atoms with van der Waals surface area (Å²) in [5, 5.41) is 5.96. The number of carbonyl (C=O) groups is 1. The van der Waals surface area contributed by atoms with Crippen molar-refractivity contribution in [2.45, 2.75) is 19.4 Å². The SMILES string of the molecule is CNC(=O)CCN1CCNC[C@@H]1C. The standard InChI is InChI=1S/C9H19N3O/c1-8-7-11-4-6-12(8)5-3-9(13)10-2/h8,11H,3-7H2,1-2H3,(H,10,13)/t8-/m0/s1. The molecule has 0 unspecified atom stereocenters. The van der Waals surface area contributed by atoms with Crippen LogP contribution in [0.1, 0.15) is 13.3 Å². The molecule has 1 amide bonds. The van der Waals surface area contributed by atoms with E-state index in [9.17, 15) is 4.79 Å². The third-order valence-electron chi connectivity index (χ3n) is 2.54. The first kappa shape index (κ1) is 10.5. The van der Waals surface area contributed by atoms with Gasteiger partial charge in [-0.05, 0) is 6.92 Å². The third-order valence-corrected chi connectivity index (χ3v) is 2.54. The summed E-state index contributed by atoms with van der Waals surface area (Å²) in [6.07, 6.45) is 0.612. The van der Waals surface area contributed by atoms with E-state index in [1.807, 2.05) is 0 Å². The van der Waals surface area contributed by atoms with Gasteiger partial charge in [0.05, 0.1) is 0 Å². The van der Waals surface area contributed by atoms with Crippen molar-refractivity contribution in [3.63, 3.8) is 0 Å². The Kier molecular flexibility index (Phi) is 4.18. The van der Waals surface area contributed by atoms with Gasteiger partial charge >= 0.3 is 0 Å². The van der Waals surface area contributed by atoms with Crippen molar-refractivity contribution in [1.82, 2.24) is 15.5 Å². The van der Waals surface area contributed by atoms with Gasteiger partial charge in [-0.3, -0.25) is 9.69 Å². The fraction of sp³-hybridized carbons (Fsp3) is 0.889. The van der Waals surface area contributed by atoms with Crippen molar-refractivity contribution in [2.75, 3.05) is 33.2 Å². The van der Waals surface area contributed by atoms with Crippen LogP contribution >= 0.6 is 0 Å². The minimum atomic E-state index is 0.130. The lowest BCUT2D eigenvalue weighted by Crippen LogP contribution is -2.50. The van der Waals surface area contributed by atoms with Crippen molar-refractivity contribution in [1.29, 1.82) is 0 Å². The Morgan fingerprint density at radius 2 is 2.46 bits per heavy atom. The Balaban J connectivity index is 2.22. The summed E-state index contributed by atoms with van der Waals surface area (Å²) in [5.74, 6) is 0.130. The number of carbonyl (C=O) groups excluding carboxylic acids is 1. The first-order valence-corrected chi connectivity index (χ1v) is 4.89. The van der Waals surface area contributed by atoms with E-state index in [1.54, 1.807) is 7.05 Å². The van der Waals surface area contributed by atoms with Gasteiger partial charge in [-0.1, -0.05) is 0 Å². The van der Waals surface area contributed by atoms with Crippen LogP contribution < -0.4 is 10.6 Å². The lowest BCUT2D eigenvalue weighted by Gasteiger charge is -2.33. The second kappa shape index (κ2) is 5.19. The van der Waals surface area contributed by atoms with E-state index in [1.165, 1.54) is 0 Å². The van der Waals surface area contributed by atoms with E-state index in [2.05, 4.69) is 22.5 Å². The predicted molar refractivity (Wildman–Crippen MR) is 52.6 cm³/mol. The lowest BCUT2D eigenvalue weighted by molar-refractivity contribution is -0.121. The summed E-state index contributed by atoms with van der Waals surface area (Å²) in [4.78, 5) is 13.4. The van der Waals surface area contributed by atoms with Gasteiger partial charge in [-0.2, -0.15) is 0 Å². The number of rotatable bonds is 3. The molecule has 0 radical (unpaired) electrons. The summed E-state index contributed by atoms with van der Waals surface area (Å²) in [6.45, 7) is 6.20. The Morgan fingerprint density at radius 1 is 1.69 bits per heavy atom. The molecule has 13 heavy (non-hydrogen) atoms. The van der Waals surface area contributed by atoms with Crippen molar-refractivity contribution >= 4 is 5.91 Å². The number of hydrogen-bond acceptors (Lipinski definition) is 3. The number of nitrogens with one attached hydrogen (secondary N) is 2. The Hall–Kier alpha value is -0.610. The van der Waals surface area contributed by atoms with Crippen LogP contribution in [0.3, 0.4) is 0 Å².